The molecule has 0 aliphatic rings. The predicted molar refractivity (Wildman–Crippen MR) is 67.5 cm³/mol. The van der Waals surface area contributed by atoms with Crippen LogP contribution in [-0.2, 0) is 4.74 Å². The second-order valence-corrected chi connectivity index (χ2v) is 3.77. The highest BCUT2D eigenvalue weighted by Crippen LogP contribution is 2.26. The number of hydrogen-bond donors (Lipinski definition) is 2. The normalized spacial score (nSPS) is 10.4. The maximum atomic E-state index is 13.6. The zero-order valence-electron chi connectivity index (χ0n) is 10.4. The quantitative estimate of drug-likeness (QED) is 0.756. The number of nitrogens with two attached hydrogens (primary N) is 1. The molecule has 0 saturated carbocycles. The fourth-order valence-corrected chi connectivity index (χ4v) is 1.67. The molecule has 0 aromatic heterocycles. The number of carboxylic acid groups (broad SMARTS) is 1. The summed E-state index contributed by atoms with van der Waals surface area (Å²) in [4.78, 5) is 12.6. The van der Waals surface area contributed by atoms with Gasteiger partial charge >= 0.3 is 5.97 Å². The molecule has 18 heavy (non-hydrogen) atoms. The van der Waals surface area contributed by atoms with Crippen molar-refractivity contribution in [3.05, 3.63) is 23.5 Å². The average Bonchev–Trinajstić information content (AvgIpc) is 2.33. The summed E-state index contributed by atoms with van der Waals surface area (Å²) < 4.78 is 18.6. The Hall–Kier alpha value is -1.82. The first-order valence-corrected chi connectivity index (χ1v) is 5.57. The van der Waals surface area contributed by atoms with Gasteiger partial charge in [-0.15, -0.1) is 0 Å². The topological polar surface area (TPSA) is 75.8 Å². The SMILES string of the molecule is CCN(CCOC)c1cc(F)c(C(=O)O)cc1N. The van der Waals surface area contributed by atoms with Gasteiger partial charge in [-0.05, 0) is 13.0 Å². The molecule has 0 atom stereocenters. The highest BCUT2D eigenvalue weighted by Gasteiger charge is 2.16. The second-order valence-electron chi connectivity index (χ2n) is 3.77. The van der Waals surface area contributed by atoms with Crippen LogP contribution < -0.4 is 10.6 Å². The van der Waals surface area contributed by atoms with Crippen molar-refractivity contribution in [2.45, 2.75) is 6.92 Å². The molecule has 0 fully saturated rings. The van der Waals surface area contributed by atoms with Crippen LogP contribution in [0.25, 0.3) is 0 Å². The highest BCUT2D eigenvalue weighted by molar-refractivity contribution is 5.90. The minimum Gasteiger partial charge on any atom is -0.478 e. The van der Waals surface area contributed by atoms with Crippen LogP contribution >= 0.6 is 0 Å². The summed E-state index contributed by atoms with van der Waals surface area (Å²) in [6.07, 6.45) is 0. The first-order valence-electron chi connectivity index (χ1n) is 5.57. The maximum absolute atomic E-state index is 13.6. The minimum atomic E-state index is -1.33. The van der Waals surface area contributed by atoms with Gasteiger partial charge in [0.05, 0.1) is 23.5 Å². The van der Waals surface area contributed by atoms with Crippen LogP contribution in [0.5, 0.6) is 0 Å². The Labute approximate surface area is 105 Å². The van der Waals surface area contributed by atoms with E-state index in [0.717, 1.165) is 12.1 Å². The number of carboxylic acids is 1. The van der Waals surface area contributed by atoms with E-state index in [9.17, 15) is 9.18 Å². The lowest BCUT2D eigenvalue weighted by Gasteiger charge is -2.24. The minimum absolute atomic E-state index is 0.242. The van der Waals surface area contributed by atoms with Crippen molar-refractivity contribution in [3.8, 4) is 0 Å². The number of halogens is 1. The summed E-state index contributed by atoms with van der Waals surface area (Å²) in [6, 6.07) is 2.29. The van der Waals surface area contributed by atoms with Gasteiger partial charge in [-0.25, -0.2) is 9.18 Å². The Balaban J connectivity index is 3.08. The monoisotopic (exact) mass is 256 g/mol. The van der Waals surface area contributed by atoms with Gasteiger partial charge in [0.1, 0.15) is 5.82 Å². The first kappa shape index (κ1) is 14.2. The molecular formula is C12H17FN2O3. The van der Waals surface area contributed by atoms with Crippen molar-refractivity contribution in [1.82, 2.24) is 0 Å². The van der Waals surface area contributed by atoms with E-state index >= 15 is 0 Å². The highest BCUT2D eigenvalue weighted by atomic mass is 19.1. The Morgan fingerprint density at radius 2 is 2.22 bits per heavy atom. The Morgan fingerprint density at radius 3 is 2.72 bits per heavy atom. The van der Waals surface area contributed by atoms with Gasteiger partial charge in [-0.3, -0.25) is 0 Å². The summed E-state index contributed by atoms with van der Waals surface area (Å²) in [5, 5.41) is 8.79. The lowest BCUT2D eigenvalue weighted by Crippen LogP contribution is -2.28. The summed E-state index contributed by atoms with van der Waals surface area (Å²) >= 11 is 0. The summed E-state index contributed by atoms with van der Waals surface area (Å²) in [7, 11) is 1.57. The van der Waals surface area contributed by atoms with Crippen molar-refractivity contribution in [2.24, 2.45) is 0 Å². The molecular weight excluding hydrogens is 239 g/mol. The molecule has 5 nitrogen and oxygen atoms in total. The number of nitrogens with zero attached hydrogens (tertiary/aromatic N) is 1. The standard InChI is InChI=1S/C12H17FN2O3/c1-3-15(4-5-18-2)11-7-9(13)8(12(16)17)6-10(11)14/h6-7H,3-5,14H2,1-2H3,(H,16,17). The predicted octanol–water partition coefficient (Wildman–Crippen LogP) is 1.58. The number of benzene rings is 1. The van der Waals surface area contributed by atoms with Crippen molar-refractivity contribution >= 4 is 17.3 Å². The molecule has 0 spiro atoms. The molecule has 0 bridgehead atoms. The Morgan fingerprint density at radius 1 is 1.56 bits per heavy atom. The van der Waals surface area contributed by atoms with Crippen molar-refractivity contribution in [2.75, 3.05) is 37.4 Å². The summed E-state index contributed by atoms with van der Waals surface area (Å²) in [5.41, 5.74) is 6.07. The third-order valence-electron chi connectivity index (χ3n) is 2.63. The molecule has 0 radical (unpaired) electrons. The Kier molecular flexibility index (Phi) is 4.91. The van der Waals surface area contributed by atoms with Gasteiger partial charge in [-0.2, -0.15) is 0 Å². The summed E-state index contributed by atoms with van der Waals surface area (Å²) in [6.45, 7) is 3.57. The summed E-state index contributed by atoms with van der Waals surface area (Å²) in [5.74, 6) is -2.12. The molecule has 1 aromatic rings. The van der Waals surface area contributed by atoms with Crippen LogP contribution in [0.15, 0.2) is 12.1 Å². The van der Waals surface area contributed by atoms with Crippen LogP contribution in [0.1, 0.15) is 17.3 Å². The number of hydrogen-bond acceptors (Lipinski definition) is 4. The molecule has 1 aromatic carbocycles. The van der Waals surface area contributed by atoms with Gasteiger partial charge in [0, 0.05) is 26.3 Å². The van der Waals surface area contributed by atoms with E-state index in [0.29, 0.717) is 25.4 Å². The van der Waals surface area contributed by atoms with E-state index in [4.69, 9.17) is 15.6 Å². The van der Waals surface area contributed by atoms with E-state index < -0.39 is 17.3 Å². The third-order valence-corrected chi connectivity index (χ3v) is 2.63. The Bertz CT molecular complexity index is 438. The lowest BCUT2D eigenvalue weighted by molar-refractivity contribution is 0.0692. The average molecular weight is 256 g/mol. The van der Waals surface area contributed by atoms with Gasteiger partial charge in [0.25, 0.3) is 0 Å². The van der Waals surface area contributed by atoms with Gasteiger partial charge in [0.15, 0.2) is 0 Å². The first-order chi connectivity index (χ1) is 8.51. The van der Waals surface area contributed by atoms with E-state index in [1.165, 1.54) is 0 Å². The van der Waals surface area contributed by atoms with Crippen LogP contribution in [0.2, 0.25) is 0 Å². The van der Waals surface area contributed by atoms with Crippen molar-refractivity contribution in [3.63, 3.8) is 0 Å². The number of nitrogen functional groups attached to an aromatic ring is 1. The fourth-order valence-electron chi connectivity index (χ4n) is 1.67. The van der Waals surface area contributed by atoms with Gasteiger partial charge in [-0.1, -0.05) is 0 Å². The molecule has 1 rings (SSSR count). The van der Waals surface area contributed by atoms with Crippen molar-refractivity contribution in [1.29, 1.82) is 0 Å². The number of anilines is 2. The molecule has 0 aliphatic heterocycles. The van der Waals surface area contributed by atoms with Crippen LogP contribution in [0.4, 0.5) is 15.8 Å². The van der Waals surface area contributed by atoms with Crippen LogP contribution in [0.3, 0.4) is 0 Å². The fraction of sp³-hybridized carbons (Fsp3) is 0.417. The smallest absolute Gasteiger partial charge is 0.338 e. The zero-order chi connectivity index (χ0) is 13.7. The molecule has 3 N–H and O–H groups in total. The molecule has 100 valence electrons. The molecule has 0 amide bonds. The number of aromatic carboxylic acids is 1. The largest absolute Gasteiger partial charge is 0.478 e. The number of rotatable bonds is 6. The third kappa shape index (κ3) is 3.10. The van der Waals surface area contributed by atoms with Crippen molar-refractivity contribution < 1.29 is 19.0 Å². The van der Waals surface area contributed by atoms with Crippen LogP contribution in [-0.4, -0.2) is 37.9 Å². The molecule has 0 unspecified atom stereocenters. The number of methoxy groups -OCH3 is 1. The number of ether oxygens (including phenoxy) is 1. The van der Waals surface area contributed by atoms with E-state index in [-0.39, 0.29) is 5.69 Å². The number of likely N-dealkylation sites (N-methyl/N-ethyl adjacent to an activating group) is 1. The zero-order valence-corrected chi connectivity index (χ0v) is 10.4. The van der Waals surface area contributed by atoms with Crippen LogP contribution in [0, 0.1) is 5.82 Å². The lowest BCUT2D eigenvalue weighted by atomic mass is 10.1. The molecule has 0 aliphatic carbocycles. The number of carbonyl (C=O) groups is 1. The second kappa shape index (κ2) is 6.20. The maximum Gasteiger partial charge on any atom is 0.338 e. The van der Waals surface area contributed by atoms with E-state index in [1.807, 2.05) is 11.8 Å². The van der Waals surface area contributed by atoms with Gasteiger partial charge in [0.2, 0.25) is 0 Å². The van der Waals surface area contributed by atoms with E-state index in [1.54, 1.807) is 7.11 Å². The molecule has 6 heteroatoms. The molecule has 0 saturated heterocycles. The van der Waals surface area contributed by atoms with Gasteiger partial charge < -0.3 is 20.5 Å². The molecule has 0 heterocycles. The van der Waals surface area contributed by atoms with E-state index in [2.05, 4.69) is 0 Å².